The molecule has 1 aliphatic rings. The number of rotatable bonds is 0. The number of imidazole rings is 1. The van der Waals surface area contributed by atoms with Crippen LogP contribution < -0.4 is 5.32 Å². The molecule has 14 heavy (non-hydrogen) atoms. The average Bonchev–Trinajstić information content (AvgIpc) is 2.56. The molecule has 0 spiro atoms. The van der Waals surface area contributed by atoms with Gasteiger partial charge in [0, 0.05) is 13.1 Å². The van der Waals surface area contributed by atoms with Crippen molar-refractivity contribution in [1.29, 1.82) is 0 Å². The van der Waals surface area contributed by atoms with Crippen molar-refractivity contribution in [3.63, 3.8) is 0 Å². The fraction of sp³-hybridized carbons (Fsp3) is 0.300. The van der Waals surface area contributed by atoms with Crippen LogP contribution in [0.3, 0.4) is 0 Å². The van der Waals surface area contributed by atoms with Gasteiger partial charge in [0.1, 0.15) is 11.6 Å². The second-order valence-corrected chi connectivity index (χ2v) is 3.49. The lowest BCUT2D eigenvalue weighted by Gasteiger charge is -2.15. The summed E-state index contributed by atoms with van der Waals surface area (Å²) < 4.78 is 15.1. The summed E-state index contributed by atoms with van der Waals surface area (Å²) in [5, 5.41) is 3.24. The second kappa shape index (κ2) is 2.78. The molecule has 1 aromatic heterocycles. The van der Waals surface area contributed by atoms with Crippen LogP contribution in [0.5, 0.6) is 0 Å². The molecule has 0 fully saturated rings. The summed E-state index contributed by atoms with van der Waals surface area (Å²) in [5.74, 6) is 0.801. The van der Waals surface area contributed by atoms with E-state index >= 15 is 0 Å². The van der Waals surface area contributed by atoms with Crippen molar-refractivity contribution in [2.75, 3.05) is 6.54 Å². The minimum atomic E-state index is -0.196. The molecule has 1 aromatic carbocycles. The zero-order valence-electron chi connectivity index (χ0n) is 7.63. The van der Waals surface area contributed by atoms with E-state index in [0.29, 0.717) is 0 Å². The number of fused-ring (bicyclic) bond motifs is 3. The fourth-order valence-corrected chi connectivity index (χ4v) is 1.92. The van der Waals surface area contributed by atoms with Gasteiger partial charge in [-0.1, -0.05) is 0 Å². The van der Waals surface area contributed by atoms with E-state index in [1.54, 1.807) is 12.1 Å². The van der Waals surface area contributed by atoms with Crippen molar-refractivity contribution in [3.8, 4) is 0 Å². The van der Waals surface area contributed by atoms with Crippen LogP contribution in [0.25, 0.3) is 11.0 Å². The molecule has 1 aliphatic heterocycles. The van der Waals surface area contributed by atoms with Crippen molar-refractivity contribution >= 4 is 11.0 Å². The van der Waals surface area contributed by atoms with Crippen LogP contribution in [0.2, 0.25) is 0 Å². The molecule has 0 saturated carbocycles. The van der Waals surface area contributed by atoms with E-state index < -0.39 is 0 Å². The van der Waals surface area contributed by atoms with E-state index in [2.05, 4.69) is 14.9 Å². The Morgan fingerprint density at radius 1 is 1.43 bits per heavy atom. The van der Waals surface area contributed by atoms with Gasteiger partial charge < -0.3 is 9.88 Å². The quantitative estimate of drug-likeness (QED) is 0.679. The predicted molar refractivity (Wildman–Crippen MR) is 51.4 cm³/mol. The third-order valence-electron chi connectivity index (χ3n) is 2.58. The maximum absolute atomic E-state index is 13.0. The highest BCUT2D eigenvalue weighted by molar-refractivity contribution is 5.76. The molecular formula is C10H10FN3. The summed E-state index contributed by atoms with van der Waals surface area (Å²) in [6, 6.07) is 4.74. The molecule has 0 atom stereocenters. The summed E-state index contributed by atoms with van der Waals surface area (Å²) in [6.07, 6.45) is 0. The summed E-state index contributed by atoms with van der Waals surface area (Å²) in [6.45, 7) is 2.57. The van der Waals surface area contributed by atoms with Crippen molar-refractivity contribution in [2.45, 2.75) is 13.1 Å². The van der Waals surface area contributed by atoms with Gasteiger partial charge in [-0.3, -0.25) is 0 Å². The number of aromatic nitrogens is 2. The highest BCUT2D eigenvalue weighted by Crippen LogP contribution is 2.18. The van der Waals surface area contributed by atoms with Crippen molar-refractivity contribution in [3.05, 3.63) is 29.8 Å². The largest absolute Gasteiger partial charge is 0.326 e. The topological polar surface area (TPSA) is 29.9 Å². The lowest BCUT2D eigenvalue weighted by Crippen LogP contribution is -2.28. The van der Waals surface area contributed by atoms with Crippen LogP contribution in [0.1, 0.15) is 5.82 Å². The predicted octanol–water partition coefficient (Wildman–Crippen LogP) is 1.28. The fourth-order valence-electron chi connectivity index (χ4n) is 1.92. The van der Waals surface area contributed by atoms with E-state index in [1.807, 2.05) is 0 Å². The third kappa shape index (κ3) is 1.04. The van der Waals surface area contributed by atoms with Gasteiger partial charge in [-0.05, 0) is 18.2 Å². The summed E-state index contributed by atoms with van der Waals surface area (Å²) >= 11 is 0. The third-order valence-corrected chi connectivity index (χ3v) is 2.58. The zero-order chi connectivity index (χ0) is 9.54. The molecule has 0 aliphatic carbocycles. The Kier molecular flexibility index (Phi) is 1.58. The number of nitrogens with zero attached hydrogens (tertiary/aromatic N) is 2. The van der Waals surface area contributed by atoms with Crippen molar-refractivity contribution < 1.29 is 4.39 Å². The monoisotopic (exact) mass is 191 g/mol. The second-order valence-electron chi connectivity index (χ2n) is 3.49. The molecule has 2 heterocycles. The Hall–Kier alpha value is -1.42. The number of hydrogen-bond acceptors (Lipinski definition) is 2. The molecule has 4 heteroatoms. The Bertz CT molecular complexity index is 489. The van der Waals surface area contributed by atoms with Gasteiger partial charge in [0.25, 0.3) is 0 Å². The number of nitrogens with one attached hydrogen (secondary N) is 1. The van der Waals surface area contributed by atoms with E-state index in [4.69, 9.17) is 0 Å². The Balaban J connectivity index is 2.32. The average molecular weight is 191 g/mol. The first-order valence-electron chi connectivity index (χ1n) is 4.70. The Labute approximate surface area is 80.6 Å². The Morgan fingerprint density at radius 3 is 3.29 bits per heavy atom. The number of hydrogen-bond donors (Lipinski definition) is 1. The van der Waals surface area contributed by atoms with Gasteiger partial charge in [0.05, 0.1) is 17.6 Å². The molecule has 0 bridgehead atoms. The maximum atomic E-state index is 13.0. The van der Waals surface area contributed by atoms with Crippen molar-refractivity contribution in [1.82, 2.24) is 14.9 Å². The lowest BCUT2D eigenvalue weighted by molar-refractivity contribution is 0.514. The lowest BCUT2D eigenvalue weighted by atomic mass is 10.3. The summed E-state index contributed by atoms with van der Waals surface area (Å²) in [7, 11) is 0. The molecule has 0 radical (unpaired) electrons. The summed E-state index contributed by atoms with van der Waals surface area (Å²) in [5.41, 5.74) is 1.78. The number of halogens is 1. The van der Waals surface area contributed by atoms with E-state index in [1.165, 1.54) is 6.07 Å². The molecule has 3 rings (SSSR count). The molecular weight excluding hydrogens is 181 g/mol. The van der Waals surface area contributed by atoms with Gasteiger partial charge in [0.2, 0.25) is 0 Å². The van der Waals surface area contributed by atoms with E-state index in [0.717, 1.165) is 36.5 Å². The highest BCUT2D eigenvalue weighted by atomic mass is 19.1. The van der Waals surface area contributed by atoms with Crippen LogP contribution in [-0.2, 0) is 13.1 Å². The molecule has 0 saturated heterocycles. The van der Waals surface area contributed by atoms with E-state index in [-0.39, 0.29) is 5.82 Å². The van der Waals surface area contributed by atoms with Gasteiger partial charge >= 0.3 is 0 Å². The first kappa shape index (κ1) is 7.94. The van der Waals surface area contributed by atoms with Crippen LogP contribution in [0.4, 0.5) is 4.39 Å². The van der Waals surface area contributed by atoms with Crippen LogP contribution in [0.15, 0.2) is 18.2 Å². The molecule has 72 valence electrons. The SMILES string of the molecule is Fc1ccc2nc3n(c2c1)CCNC3. The van der Waals surface area contributed by atoms with E-state index in [9.17, 15) is 4.39 Å². The zero-order valence-corrected chi connectivity index (χ0v) is 7.63. The molecule has 3 nitrogen and oxygen atoms in total. The van der Waals surface area contributed by atoms with Crippen LogP contribution >= 0.6 is 0 Å². The molecule has 0 unspecified atom stereocenters. The van der Waals surface area contributed by atoms with Gasteiger partial charge in [-0.15, -0.1) is 0 Å². The maximum Gasteiger partial charge on any atom is 0.125 e. The minimum absolute atomic E-state index is 0.196. The Morgan fingerprint density at radius 2 is 2.36 bits per heavy atom. The highest BCUT2D eigenvalue weighted by Gasteiger charge is 2.13. The van der Waals surface area contributed by atoms with Crippen LogP contribution in [-0.4, -0.2) is 16.1 Å². The van der Waals surface area contributed by atoms with Gasteiger partial charge in [-0.25, -0.2) is 9.37 Å². The minimum Gasteiger partial charge on any atom is -0.326 e. The van der Waals surface area contributed by atoms with Crippen LogP contribution in [0, 0.1) is 5.82 Å². The first-order chi connectivity index (χ1) is 6.84. The molecule has 1 N–H and O–H groups in total. The van der Waals surface area contributed by atoms with Crippen molar-refractivity contribution in [2.24, 2.45) is 0 Å². The van der Waals surface area contributed by atoms with Gasteiger partial charge in [0.15, 0.2) is 0 Å². The first-order valence-corrected chi connectivity index (χ1v) is 4.70. The standard InChI is InChI=1S/C10H10FN3/c11-7-1-2-8-9(5-7)14-4-3-12-6-10(14)13-8/h1-2,5,12H,3-4,6H2. The molecule has 0 amide bonds. The normalized spacial score (nSPS) is 15.8. The molecule has 2 aromatic rings. The number of benzene rings is 1. The van der Waals surface area contributed by atoms with Gasteiger partial charge in [-0.2, -0.15) is 0 Å². The summed E-state index contributed by atoms with van der Waals surface area (Å²) in [4.78, 5) is 4.43. The smallest absolute Gasteiger partial charge is 0.125 e.